The van der Waals surface area contributed by atoms with Crippen molar-refractivity contribution in [1.29, 1.82) is 0 Å². The molecule has 150 valence electrons. The predicted molar refractivity (Wildman–Crippen MR) is 114 cm³/mol. The van der Waals surface area contributed by atoms with E-state index in [9.17, 15) is 4.79 Å². The van der Waals surface area contributed by atoms with Gasteiger partial charge in [0.1, 0.15) is 6.61 Å². The van der Waals surface area contributed by atoms with Crippen LogP contribution in [0.5, 0.6) is 11.5 Å². The van der Waals surface area contributed by atoms with Crippen LogP contribution in [0, 0.1) is 6.92 Å². The quantitative estimate of drug-likeness (QED) is 0.512. The number of nitrogens with one attached hydrogen (secondary N) is 2. The number of carbonyl (C=O) groups is 1. The number of benzene rings is 2. The number of aryl methyl sites for hydroxylation is 1. The summed E-state index contributed by atoms with van der Waals surface area (Å²) in [6.45, 7) is 6.43. The number of thiocarbonyl (C=S) groups is 1. The Bertz CT molecular complexity index is 826. The van der Waals surface area contributed by atoms with E-state index in [-0.39, 0.29) is 12.0 Å². The van der Waals surface area contributed by atoms with Crippen LogP contribution in [-0.4, -0.2) is 37.4 Å². The van der Waals surface area contributed by atoms with Crippen LogP contribution in [0.2, 0.25) is 0 Å². The average molecular weight is 403 g/mol. The van der Waals surface area contributed by atoms with Gasteiger partial charge in [-0.05, 0) is 68.9 Å². The number of hydrogen-bond donors (Lipinski definition) is 2. The zero-order valence-corrected chi connectivity index (χ0v) is 17.4. The molecule has 6 nitrogen and oxygen atoms in total. The van der Waals surface area contributed by atoms with Gasteiger partial charge in [-0.1, -0.05) is 12.1 Å². The molecule has 28 heavy (non-hydrogen) atoms. The highest BCUT2D eigenvalue weighted by Gasteiger charge is 2.11. The molecule has 0 heterocycles. The van der Waals surface area contributed by atoms with Crippen LogP contribution in [0.15, 0.2) is 42.5 Å². The minimum absolute atomic E-state index is 0.0241. The largest absolute Gasteiger partial charge is 0.493 e. The molecule has 0 saturated carbocycles. The van der Waals surface area contributed by atoms with Crippen LogP contribution in [-0.2, 0) is 4.74 Å². The van der Waals surface area contributed by atoms with E-state index >= 15 is 0 Å². The van der Waals surface area contributed by atoms with Gasteiger partial charge < -0.3 is 24.8 Å². The number of anilines is 1. The molecule has 0 aliphatic rings. The summed E-state index contributed by atoms with van der Waals surface area (Å²) in [6, 6.07) is 12.8. The Kier molecular flexibility index (Phi) is 8.07. The molecule has 0 aliphatic carbocycles. The molecule has 2 rings (SSSR count). The lowest BCUT2D eigenvalue weighted by Crippen LogP contribution is -2.39. The Balaban J connectivity index is 1.88. The molecule has 1 unspecified atom stereocenters. The highest BCUT2D eigenvalue weighted by Crippen LogP contribution is 2.25. The minimum Gasteiger partial charge on any atom is -0.493 e. The van der Waals surface area contributed by atoms with E-state index in [1.807, 2.05) is 44.2 Å². The second-order valence-electron chi connectivity index (χ2n) is 6.21. The lowest BCUT2D eigenvalue weighted by atomic mass is 10.1. The molecule has 2 N–H and O–H groups in total. The SMILES string of the molecule is CCOC(=O)c1ccc(NC(=S)NC(C)COc2ccccc2OC)c(C)c1. The van der Waals surface area contributed by atoms with Crippen molar-refractivity contribution in [2.45, 2.75) is 26.8 Å². The first-order chi connectivity index (χ1) is 13.4. The first-order valence-electron chi connectivity index (χ1n) is 9.05. The number of para-hydroxylation sites is 2. The van der Waals surface area contributed by atoms with E-state index in [0.29, 0.717) is 35.4 Å². The van der Waals surface area contributed by atoms with Crippen LogP contribution in [0.4, 0.5) is 5.69 Å². The fraction of sp³-hybridized carbons (Fsp3) is 0.333. The standard InChI is InChI=1S/C21H26N2O4S/c1-5-26-20(24)16-10-11-17(14(2)12-16)23-21(28)22-15(3)13-27-19-9-7-6-8-18(19)25-4/h6-12,15H,5,13H2,1-4H3,(H2,22,23,28). The molecule has 2 aromatic rings. The lowest BCUT2D eigenvalue weighted by molar-refractivity contribution is 0.0526. The molecule has 1 atom stereocenters. The summed E-state index contributed by atoms with van der Waals surface area (Å²) in [6.07, 6.45) is 0. The Morgan fingerprint density at radius 3 is 2.54 bits per heavy atom. The van der Waals surface area contributed by atoms with Gasteiger partial charge in [0, 0.05) is 5.69 Å². The fourth-order valence-corrected chi connectivity index (χ4v) is 2.83. The van der Waals surface area contributed by atoms with Crippen LogP contribution < -0.4 is 20.1 Å². The van der Waals surface area contributed by atoms with Gasteiger partial charge in [-0.15, -0.1) is 0 Å². The number of esters is 1. The zero-order valence-electron chi connectivity index (χ0n) is 16.6. The summed E-state index contributed by atoms with van der Waals surface area (Å²) in [4.78, 5) is 11.8. The van der Waals surface area contributed by atoms with E-state index in [0.717, 1.165) is 11.3 Å². The van der Waals surface area contributed by atoms with Crippen molar-refractivity contribution < 1.29 is 19.0 Å². The second kappa shape index (κ2) is 10.5. The Morgan fingerprint density at radius 1 is 1.18 bits per heavy atom. The Hall–Kier alpha value is -2.80. The Morgan fingerprint density at radius 2 is 1.89 bits per heavy atom. The molecule has 0 aromatic heterocycles. The highest BCUT2D eigenvalue weighted by atomic mass is 32.1. The van der Waals surface area contributed by atoms with Gasteiger partial charge in [0.2, 0.25) is 0 Å². The van der Waals surface area contributed by atoms with Crippen molar-refractivity contribution in [3.05, 3.63) is 53.6 Å². The van der Waals surface area contributed by atoms with Gasteiger partial charge in [-0.25, -0.2) is 4.79 Å². The summed E-state index contributed by atoms with van der Waals surface area (Å²) in [5.41, 5.74) is 2.23. The molecular formula is C21H26N2O4S. The van der Waals surface area contributed by atoms with Crippen molar-refractivity contribution >= 4 is 29.0 Å². The number of ether oxygens (including phenoxy) is 3. The number of carbonyl (C=O) groups excluding carboxylic acids is 1. The van der Waals surface area contributed by atoms with Crippen LogP contribution >= 0.6 is 12.2 Å². The topological polar surface area (TPSA) is 68.8 Å². The maximum Gasteiger partial charge on any atom is 0.338 e. The summed E-state index contributed by atoms with van der Waals surface area (Å²) < 4.78 is 16.1. The van der Waals surface area contributed by atoms with E-state index in [1.54, 1.807) is 26.2 Å². The third-order valence-electron chi connectivity index (χ3n) is 3.92. The van der Waals surface area contributed by atoms with Crippen molar-refractivity contribution in [3.63, 3.8) is 0 Å². The molecule has 2 aromatic carbocycles. The second-order valence-corrected chi connectivity index (χ2v) is 6.62. The van der Waals surface area contributed by atoms with Gasteiger partial charge in [0.05, 0.1) is 25.3 Å². The first kappa shape index (κ1) is 21.5. The monoisotopic (exact) mass is 402 g/mol. The minimum atomic E-state index is -0.333. The van der Waals surface area contributed by atoms with Gasteiger partial charge in [0.15, 0.2) is 16.6 Å². The van der Waals surface area contributed by atoms with E-state index in [2.05, 4.69) is 10.6 Å². The summed E-state index contributed by atoms with van der Waals surface area (Å²) in [5.74, 6) is 1.04. The van der Waals surface area contributed by atoms with Crippen LogP contribution in [0.1, 0.15) is 29.8 Å². The molecule has 0 radical (unpaired) electrons. The van der Waals surface area contributed by atoms with Crippen molar-refractivity contribution in [2.75, 3.05) is 25.6 Å². The third-order valence-corrected chi connectivity index (χ3v) is 4.14. The molecular weight excluding hydrogens is 376 g/mol. The normalized spacial score (nSPS) is 11.3. The maximum atomic E-state index is 11.8. The van der Waals surface area contributed by atoms with E-state index < -0.39 is 0 Å². The predicted octanol–water partition coefficient (Wildman–Crippen LogP) is 3.93. The van der Waals surface area contributed by atoms with Gasteiger partial charge in [-0.2, -0.15) is 0 Å². The first-order valence-corrected chi connectivity index (χ1v) is 9.46. The molecule has 0 saturated heterocycles. The van der Waals surface area contributed by atoms with Crippen molar-refractivity contribution in [3.8, 4) is 11.5 Å². The van der Waals surface area contributed by atoms with Crippen LogP contribution in [0.25, 0.3) is 0 Å². The van der Waals surface area contributed by atoms with Gasteiger partial charge >= 0.3 is 5.97 Å². The maximum absolute atomic E-state index is 11.8. The van der Waals surface area contributed by atoms with Gasteiger partial charge in [-0.3, -0.25) is 0 Å². The summed E-state index contributed by atoms with van der Waals surface area (Å²) in [5, 5.41) is 6.81. The van der Waals surface area contributed by atoms with E-state index in [4.69, 9.17) is 26.4 Å². The van der Waals surface area contributed by atoms with Crippen molar-refractivity contribution in [1.82, 2.24) is 5.32 Å². The molecule has 0 bridgehead atoms. The average Bonchev–Trinajstić information content (AvgIpc) is 2.68. The summed E-state index contributed by atoms with van der Waals surface area (Å²) >= 11 is 5.38. The molecule has 0 amide bonds. The summed E-state index contributed by atoms with van der Waals surface area (Å²) in [7, 11) is 1.61. The Labute approximate surface area is 171 Å². The number of hydrogen-bond acceptors (Lipinski definition) is 5. The molecule has 7 heteroatoms. The smallest absolute Gasteiger partial charge is 0.338 e. The molecule has 0 spiro atoms. The zero-order chi connectivity index (χ0) is 20.5. The van der Waals surface area contributed by atoms with Gasteiger partial charge in [0.25, 0.3) is 0 Å². The third kappa shape index (κ3) is 6.13. The van der Waals surface area contributed by atoms with E-state index in [1.165, 1.54) is 0 Å². The highest BCUT2D eigenvalue weighted by molar-refractivity contribution is 7.80. The van der Waals surface area contributed by atoms with Crippen molar-refractivity contribution in [2.24, 2.45) is 0 Å². The molecule has 0 fully saturated rings. The fourth-order valence-electron chi connectivity index (χ4n) is 2.52. The molecule has 0 aliphatic heterocycles. The van der Waals surface area contributed by atoms with Crippen LogP contribution in [0.3, 0.4) is 0 Å². The number of methoxy groups -OCH3 is 1. The lowest BCUT2D eigenvalue weighted by Gasteiger charge is -2.19. The number of rotatable bonds is 8.